The third-order valence-electron chi connectivity index (χ3n) is 3.64. The van der Waals surface area contributed by atoms with Crippen molar-refractivity contribution in [2.24, 2.45) is 0 Å². The third-order valence-corrected chi connectivity index (χ3v) is 3.64. The highest BCUT2D eigenvalue weighted by Crippen LogP contribution is 2.33. The molecule has 1 heterocycles. The Hall–Kier alpha value is -2.49. The van der Waals surface area contributed by atoms with Gasteiger partial charge in [0, 0.05) is 18.7 Å². The van der Waals surface area contributed by atoms with Gasteiger partial charge in [-0.25, -0.2) is 4.79 Å². The Morgan fingerprint density at radius 1 is 1.20 bits per heavy atom. The highest BCUT2D eigenvalue weighted by Gasteiger charge is 2.33. The van der Waals surface area contributed by atoms with Gasteiger partial charge in [0.1, 0.15) is 11.8 Å². The molecule has 4 nitrogen and oxygen atoms in total. The summed E-state index contributed by atoms with van der Waals surface area (Å²) in [6, 6.07) is 14.1. The fourth-order valence-corrected chi connectivity index (χ4v) is 2.72. The molecule has 2 aromatic rings. The largest absolute Gasteiger partial charge is 0.508 e. The number of carbonyl (C=O) groups is 1. The van der Waals surface area contributed by atoms with E-state index >= 15 is 0 Å². The summed E-state index contributed by atoms with van der Waals surface area (Å²) in [5.74, 6) is -0.622. The monoisotopic (exact) mass is 269 g/mol. The number of phenolic OH excluding ortho intramolecular Hbond substituents is 1. The quantitative estimate of drug-likeness (QED) is 0.898. The van der Waals surface area contributed by atoms with E-state index in [4.69, 9.17) is 0 Å². The minimum Gasteiger partial charge on any atom is -0.508 e. The van der Waals surface area contributed by atoms with E-state index in [1.165, 1.54) is 0 Å². The maximum Gasteiger partial charge on any atom is 0.326 e. The van der Waals surface area contributed by atoms with Gasteiger partial charge in [-0.1, -0.05) is 30.3 Å². The average Bonchev–Trinajstić information content (AvgIpc) is 2.78. The normalized spacial score (nSPS) is 17.0. The summed E-state index contributed by atoms with van der Waals surface area (Å²) >= 11 is 0. The number of aliphatic carboxylic acids is 1. The molecule has 1 aliphatic rings. The first-order valence-electron chi connectivity index (χ1n) is 6.50. The second-order valence-electron chi connectivity index (χ2n) is 4.98. The van der Waals surface area contributed by atoms with Crippen molar-refractivity contribution in [3.63, 3.8) is 0 Å². The van der Waals surface area contributed by atoms with Crippen LogP contribution in [0.4, 0.5) is 5.69 Å². The zero-order valence-electron chi connectivity index (χ0n) is 10.9. The number of para-hydroxylation sites is 1. The van der Waals surface area contributed by atoms with Crippen molar-refractivity contribution in [2.75, 3.05) is 4.90 Å². The third kappa shape index (κ3) is 2.20. The highest BCUT2D eigenvalue weighted by atomic mass is 16.4. The summed E-state index contributed by atoms with van der Waals surface area (Å²) in [4.78, 5) is 13.3. The molecule has 2 N–H and O–H groups in total. The number of nitrogens with zero attached hydrogens (tertiary/aromatic N) is 1. The zero-order chi connectivity index (χ0) is 14.1. The Balaban J connectivity index is 1.94. The van der Waals surface area contributed by atoms with Gasteiger partial charge < -0.3 is 15.1 Å². The Morgan fingerprint density at radius 2 is 2.00 bits per heavy atom. The number of hydrogen-bond acceptors (Lipinski definition) is 3. The van der Waals surface area contributed by atoms with Gasteiger partial charge in [-0.05, 0) is 29.3 Å². The van der Waals surface area contributed by atoms with Crippen molar-refractivity contribution in [1.29, 1.82) is 0 Å². The number of anilines is 1. The second-order valence-corrected chi connectivity index (χ2v) is 4.98. The van der Waals surface area contributed by atoms with Gasteiger partial charge in [-0.2, -0.15) is 0 Å². The summed E-state index contributed by atoms with van der Waals surface area (Å²) in [7, 11) is 0. The summed E-state index contributed by atoms with van der Waals surface area (Å²) in [6.07, 6.45) is 0.518. The molecule has 4 heteroatoms. The van der Waals surface area contributed by atoms with Crippen LogP contribution in [0.5, 0.6) is 5.75 Å². The summed E-state index contributed by atoms with van der Waals surface area (Å²) in [6.45, 7) is 0.475. The lowest BCUT2D eigenvalue weighted by Gasteiger charge is -2.24. The van der Waals surface area contributed by atoms with Crippen molar-refractivity contribution in [2.45, 2.75) is 19.0 Å². The van der Waals surface area contributed by atoms with Gasteiger partial charge in [0.2, 0.25) is 0 Å². The van der Waals surface area contributed by atoms with Crippen LogP contribution in [-0.4, -0.2) is 22.2 Å². The summed E-state index contributed by atoms with van der Waals surface area (Å²) in [5, 5.41) is 18.9. The minimum atomic E-state index is -0.818. The maximum absolute atomic E-state index is 11.4. The molecule has 3 rings (SSSR count). The van der Waals surface area contributed by atoms with E-state index in [1.807, 2.05) is 35.2 Å². The number of rotatable bonds is 3. The van der Waals surface area contributed by atoms with Crippen LogP contribution in [0.3, 0.4) is 0 Å². The van der Waals surface area contributed by atoms with Crippen molar-refractivity contribution in [3.8, 4) is 5.75 Å². The molecule has 0 aromatic heterocycles. The standard InChI is InChI=1S/C16H15NO3/c18-13-6-3-4-11(8-13)10-17-14-7-2-1-5-12(14)9-15(17)16(19)20/h1-8,15,18H,9-10H2,(H,19,20). The van der Waals surface area contributed by atoms with Crippen molar-refractivity contribution >= 4 is 11.7 Å². The molecule has 0 fully saturated rings. The van der Waals surface area contributed by atoms with E-state index in [0.29, 0.717) is 13.0 Å². The lowest BCUT2D eigenvalue weighted by Crippen LogP contribution is -2.38. The van der Waals surface area contributed by atoms with Gasteiger partial charge in [0.25, 0.3) is 0 Å². The molecule has 1 aliphatic heterocycles. The topological polar surface area (TPSA) is 60.8 Å². The van der Waals surface area contributed by atoms with E-state index < -0.39 is 12.0 Å². The van der Waals surface area contributed by atoms with Crippen LogP contribution >= 0.6 is 0 Å². The predicted octanol–water partition coefficient (Wildman–Crippen LogP) is 2.41. The average molecular weight is 269 g/mol. The smallest absolute Gasteiger partial charge is 0.326 e. The number of carboxylic acids is 1. The zero-order valence-corrected chi connectivity index (χ0v) is 10.9. The number of benzene rings is 2. The van der Waals surface area contributed by atoms with Gasteiger partial charge in [0.05, 0.1) is 0 Å². The first-order chi connectivity index (χ1) is 9.65. The Morgan fingerprint density at radius 3 is 2.75 bits per heavy atom. The van der Waals surface area contributed by atoms with Crippen molar-refractivity contribution < 1.29 is 15.0 Å². The Kier molecular flexibility index (Phi) is 3.06. The molecule has 0 radical (unpaired) electrons. The number of aromatic hydroxyl groups is 1. The molecule has 1 atom stereocenters. The van der Waals surface area contributed by atoms with Crippen LogP contribution < -0.4 is 4.90 Å². The molecule has 0 bridgehead atoms. The van der Waals surface area contributed by atoms with Crippen molar-refractivity contribution in [1.82, 2.24) is 0 Å². The molecule has 1 unspecified atom stereocenters. The number of phenols is 1. The lowest BCUT2D eigenvalue weighted by molar-refractivity contribution is -0.138. The molecule has 20 heavy (non-hydrogen) atoms. The van der Waals surface area contributed by atoms with E-state index in [2.05, 4.69) is 0 Å². The molecular weight excluding hydrogens is 254 g/mol. The van der Waals surface area contributed by atoms with Gasteiger partial charge in [-0.15, -0.1) is 0 Å². The van der Waals surface area contributed by atoms with E-state index in [-0.39, 0.29) is 5.75 Å². The van der Waals surface area contributed by atoms with E-state index in [1.54, 1.807) is 18.2 Å². The number of fused-ring (bicyclic) bond motifs is 1. The Bertz CT molecular complexity index is 654. The van der Waals surface area contributed by atoms with Crippen LogP contribution in [0.2, 0.25) is 0 Å². The molecule has 0 spiro atoms. The van der Waals surface area contributed by atoms with Crippen LogP contribution in [-0.2, 0) is 17.8 Å². The van der Waals surface area contributed by atoms with Gasteiger partial charge in [-0.3, -0.25) is 0 Å². The number of carboxylic acid groups (broad SMARTS) is 1. The SMILES string of the molecule is O=C(O)C1Cc2ccccc2N1Cc1cccc(O)c1. The number of hydrogen-bond donors (Lipinski definition) is 2. The molecule has 0 amide bonds. The second kappa shape index (κ2) is 4.89. The van der Waals surface area contributed by atoms with Gasteiger partial charge >= 0.3 is 5.97 Å². The van der Waals surface area contributed by atoms with Crippen LogP contribution in [0, 0.1) is 0 Å². The summed E-state index contributed by atoms with van der Waals surface area (Å²) in [5.41, 5.74) is 2.91. The first kappa shape index (κ1) is 12.5. The van der Waals surface area contributed by atoms with Gasteiger partial charge in [0.15, 0.2) is 0 Å². The Labute approximate surface area is 116 Å². The van der Waals surface area contributed by atoms with Crippen LogP contribution in [0.25, 0.3) is 0 Å². The minimum absolute atomic E-state index is 0.196. The first-order valence-corrected chi connectivity index (χ1v) is 6.50. The molecule has 2 aromatic carbocycles. The van der Waals surface area contributed by atoms with E-state index in [0.717, 1.165) is 16.8 Å². The van der Waals surface area contributed by atoms with Crippen LogP contribution in [0.15, 0.2) is 48.5 Å². The molecule has 102 valence electrons. The lowest BCUT2D eigenvalue weighted by atomic mass is 10.1. The highest BCUT2D eigenvalue weighted by molar-refractivity contribution is 5.82. The molecule has 0 saturated heterocycles. The van der Waals surface area contributed by atoms with E-state index in [9.17, 15) is 15.0 Å². The summed E-state index contributed by atoms with van der Waals surface area (Å²) < 4.78 is 0. The molecule has 0 aliphatic carbocycles. The molecular formula is C16H15NO3. The molecule has 0 saturated carbocycles. The van der Waals surface area contributed by atoms with Crippen LogP contribution in [0.1, 0.15) is 11.1 Å². The maximum atomic E-state index is 11.4. The fraction of sp³-hybridized carbons (Fsp3) is 0.188. The fourth-order valence-electron chi connectivity index (χ4n) is 2.72. The predicted molar refractivity (Wildman–Crippen MR) is 75.9 cm³/mol. The van der Waals surface area contributed by atoms with Crippen molar-refractivity contribution in [3.05, 3.63) is 59.7 Å².